The first-order valence-corrected chi connectivity index (χ1v) is 8.09. The number of benzene rings is 2. The molecule has 3 heteroatoms. The number of nitrogen functional groups attached to an aromatic ring is 1. The Bertz CT molecular complexity index is 675. The predicted molar refractivity (Wildman–Crippen MR) is 95.2 cm³/mol. The van der Waals surface area contributed by atoms with Crippen molar-refractivity contribution >= 4 is 11.5 Å². The Labute approximate surface area is 138 Å². The van der Waals surface area contributed by atoms with E-state index in [0.29, 0.717) is 29.3 Å². The number of hydrogen-bond donors (Lipinski definition) is 1. The van der Waals surface area contributed by atoms with Crippen molar-refractivity contribution in [1.82, 2.24) is 0 Å². The van der Waals surface area contributed by atoms with Gasteiger partial charge in [0.05, 0.1) is 5.69 Å². The number of nitrogens with two attached hydrogens (primary N) is 1. The molecular formula is C20H25NO2. The van der Waals surface area contributed by atoms with Crippen LogP contribution < -0.4 is 10.5 Å². The summed E-state index contributed by atoms with van der Waals surface area (Å²) in [7, 11) is 0. The number of carbonyl (C=O) groups excluding carboxylic acids is 1. The summed E-state index contributed by atoms with van der Waals surface area (Å²) in [5, 5.41) is 0. The lowest BCUT2D eigenvalue weighted by atomic mass is 9.98. The fourth-order valence-electron chi connectivity index (χ4n) is 2.47. The molecule has 23 heavy (non-hydrogen) atoms. The highest BCUT2D eigenvalue weighted by atomic mass is 16.5. The van der Waals surface area contributed by atoms with Crippen LogP contribution in [0.5, 0.6) is 5.75 Å². The van der Waals surface area contributed by atoms with Crippen molar-refractivity contribution in [3.05, 3.63) is 59.2 Å². The summed E-state index contributed by atoms with van der Waals surface area (Å²) in [6, 6.07) is 13.4. The first kappa shape index (κ1) is 17.1. The molecule has 2 aromatic carbocycles. The zero-order valence-electron chi connectivity index (χ0n) is 14.3. The van der Waals surface area contributed by atoms with Crippen LogP contribution in [0.25, 0.3) is 0 Å². The average molecular weight is 311 g/mol. The van der Waals surface area contributed by atoms with Crippen molar-refractivity contribution in [3.63, 3.8) is 0 Å². The van der Waals surface area contributed by atoms with E-state index in [-0.39, 0.29) is 5.78 Å². The van der Waals surface area contributed by atoms with E-state index in [0.717, 1.165) is 5.56 Å². The first-order chi connectivity index (χ1) is 10.9. The summed E-state index contributed by atoms with van der Waals surface area (Å²) in [5.74, 6) is 1.00. The third kappa shape index (κ3) is 4.13. The van der Waals surface area contributed by atoms with Gasteiger partial charge in [-0.25, -0.2) is 0 Å². The lowest BCUT2D eigenvalue weighted by Gasteiger charge is -2.18. The van der Waals surface area contributed by atoms with Gasteiger partial charge in [0.25, 0.3) is 0 Å². The van der Waals surface area contributed by atoms with Gasteiger partial charge in [0.1, 0.15) is 5.75 Å². The average Bonchev–Trinajstić information content (AvgIpc) is 2.53. The second kappa shape index (κ2) is 7.32. The maximum Gasteiger partial charge on any atom is 0.203 e. The van der Waals surface area contributed by atoms with Crippen molar-refractivity contribution < 1.29 is 9.53 Å². The minimum atomic E-state index is -0.523. The maximum atomic E-state index is 12.7. The van der Waals surface area contributed by atoms with Gasteiger partial charge in [0, 0.05) is 5.56 Å². The molecule has 0 bridgehead atoms. The van der Waals surface area contributed by atoms with E-state index in [4.69, 9.17) is 10.5 Å². The lowest BCUT2D eigenvalue weighted by Crippen LogP contribution is -2.27. The van der Waals surface area contributed by atoms with Gasteiger partial charge in [-0.2, -0.15) is 0 Å². The summed E-state index contributed by atoms with van der Waals surface area (Å²) in [4.78, 5) is 12.7. The quantitative estimate of drug-likeness (QED) is 0.619. The predicted octanol–water partition coefficient (Wildman–Crippen LogP) is 4.74. The molecule has 0 fully saturated rings. The molecule has 0 aliphatic heterocycles. The van der Waals surface area contributed by atoms with Crippen molar-refractivity contribution in [2.45, 2.75) is 46.1 Å². The molecular weight excluding hydrogens is 286 g/mol. The summed E-state index contributed by atoms with van der Waals surface area (Å²) in [6.45, 7) is 8.18. The molecule has 1 atom stereocenters. The van der Waals surface area contributed by atoms with E-state index in [1.807, 2.05) is 56.3 Å². The van der Waals surface area contributed by atoms with Crippen LogP contribution in [-0.2, 0) is 0 Å². The van der Waals surface area contributed by atoms with E-state index >= 15 is 0 Å². The number of ether oxygens (including phenoxy) is 1. The molecule has 2 N–H and O–H groups in total. The molecule has 2 rings (SSSR count). The molecule has 0 amide bonds. The van der Waals surface area contributed by atoms with Crippen molar-refractivity contribution in [3.8, 4) is 5.75 Å². The van der Waals surface area contributed by atoms with E-state index in [2.05, 4.69) is 13.8 Å². The number of ketones is 1. The zero-order valence-corrected chi connectivity index (χ0v) is 14.3. The second-order valence-electron chi connectivity index (χ2n) is 6.20. The highest BCUT2D eigenvalue weighted by Crippen LogP contribution is 2.25. The van der Waals surface area contributed by atoms with E-state index in [9.17, 15) is 4.79 Å². The zero-order chi connectivity index (χ0) is 17.0. The lowest BCUT2D eigenvalue weighted by molar-refractivity contribution is 0.0788. The molecule has 0 spiro atoms. The maximum absolute atomic E-state index is 12.7. The Morgan fingerprint density at radius 3 is 2.30 bits per heavy atom. The fourth-order valence-corrected chi connectivity index (χ4v) is 2.47. The SMILES string of the molecule is CCC(Oc1ccc(C)cc1N)C(=O)c1ccc(C(C)C)cc1. The summed E-state index contributed by atoms with van der Waals surface area (Å²) in [5.41, 5.74) is 9.50. The van der Waals surface area contributed by atoms with E-state index in [1.54, 1.807) is 0 Å². The molecule has 0 saturated carbocycles. The van der Waals surface area contributed by atoms with Gasteiger partial charge in [0.2, 0.25) is 5.78 Å². The number of aryl methyl sites for hydroxylation is 1. The Morgan fingerprint density at radius 2 is 1.78 bits per heavy atom. The van der Waals surface area contributed by atoms with Crippen LogP contribution in [-0.4, -0.2) is 11.9 Å². The van der Waals surface area contributed by atoms with Gasteiger partial charge in [-0.15, -0.1) is 0 Å². The number of Topliss-reactive ketones (excluding diaryl/α,β-unsaturated/α-hetero) is 1. The van der Waals surface area contributed by atoms with Crippen LogP contribution in [0.1, 0.15) is 54.6 Å². The molecule has 0 radical (unpaired) electrons. The minimum absolute atomic E-state index is 0.0113. The van der Waals surface area contributed by atoms with Crippen LogP contribution in [0.2, 0.25) is 0 Å². The number of hydrogen-bond acceptors (Lipinski definition) is 3. The first-order valence-electron chi connectivity index (χ1n) is 8.09. The van der Waals surface area contributed by atoms with Crippen LogP contribution >= 0.6 is 0 Å². The van der Waals surface area contributed by atoms with Crippen molar-refractivity contribution in [1.29, 1.82) is 0 Å². The van der Waals surface area contributed by atoms with E-state index in [1.165, 1.54) is 5.56 Å². The van der Waals surface area contributed by atoms with Crippen LogP contribution in [0.15, 0.2) is 42.5 Å². The standard InChI is InChI=1S/C20H25NO2/c1-5-18(23-19-11-6-14(4)12-17(19)21)20(22)16-9-7-15(8-10-16)13(2)3/h6-13,18H,5,21H2,1-4H3. The molecule has 3 nitrogen and oxygen atoms in total. The Kier molecular flexibility index (Phi) is 5.43. The Morgan fingerprint density at radius 1 is 1.13 bits per heavy atom. The van der Waals surface area contributed by atoms with Gasteiger partial charge in [-0.1, -0.05) is 51.1 Å². The second-order valence-corrected chi connectivity index (χ2v) is 6.20. The van der Waals surface area contributed by atoms with Crippen LogP contribution in [0.3, 0.4) is 0 Å². The molecule has 1 unspecified atom stereocenters. The Balaban J connectivity index is 2.17. The van der Waals surface area contributed by atoms with Crippen LogP contribution in [0.4, 0.5) is 5.69 Å². The molecule has 0 aromatic heterocycles. The van der Waals surface area contributed by atoms with Gasteiger partial charge in [-0.05, 0) is 42.5 Å². The highest BCUT2D eigenvalue weighted by Gasteiger charge is 2.21. The topological polar surface area (TPSA) is 52.3 Å². The van der Waals surface area contributed by atoms with Crippen molar-refractivity contribution in [2.75, 3.05) is 5.73 Å². The third-order valence-electron chi connectivity index (χ3n) is 3.96. The number of anilines is 1. The Hall–Kier alpha value is -2.29. The normalized spacial score (nSPS) is 12.2. The van der Waals surface area contributed by atoms with Crippen LogP contribution in [0, 0.1) is 6.92 Å². The minimum Gasteiger partial charge on any atom is -0.480 e. The smallest absolute Gasteiger partial charge is 0.203 e. The molecule has 2 aromatic rings. The summed E-state index contributed by atoms with van der Waals surface area (Å²) < 4.78 is 5.87. The molecule has 0 heterocycles. The summed E-state index contributed by atoms with van der Waals surface area (Å²) in [6.07, 6.45) is 0.0721. The summed E-state index contributed by atoms with van der Waals surface area (Å²) >= 11 is 0. The monoisotopic (exact) mass is 311 g/mol. The molecule has 0 saturated heterocycles. The molecule has 0 aliphatic carbocycles. The third-order valence-corrected chi connectivity index (χ3v) is 3.96. The van der Waals surface area contributed by atoms with Crippen molar-refractivity contribution in [2.24, 2.45) is 0 Å². The van der Waals surface area contributed by atoms with E-state index < -0.39 is 6.10 Å². The largest absolute Gasteiger partial charge is 0.480 e. The van der Waals surface area contributed by atoms with Gasteiger partial charge in [0.15, 0.2) is 6.10 Å². The fraction of sp³-hybridized carbons (Fsp3) is 0.350. The highest BCUT2D eigenvalue weighted by molar-refractivity contribution is 5.99. The van der Waals surface area contributed by atoms with Gasteiger partial charge < -0.3 is 10.5 Å². The number of rotatable bonds is 6. The molecule has 0 aliphatic rings. The number of carbonyl (C=O) groups is 1. The van der Waals surface area contributed by atoms with Gasteiger partial charge >= 0.3 is 0 Å². The molecule has 122 valence electrons. The van der Waals surface area contributed by atoms with Gasteiger partial charge in [-0.3, -0.25) is 4.79 Å².